The Morgan fingerprint density at radius 3 is 2.76 bits per heavy atom. The fraction of sp³-hybridized carbons (Fsp3) is 0.0769. The van der Waals surface area contributed by atoms with Crippen molar-refractivity contribution < 1.29 is 13.5 Å². The number of aromatic nitrogens is 2. The summed E-state index contributed by atoms with van der Waals surface area (Å²) in [4.78, 5) is 0.105. The van der Waals surface area contributed by atoms with E-state index < -0.39 is 10.0 Å². The van der Waals surface area contributed by atoms with Crippen LogP contribution in [0.25, 0.3) is 11.0 Å². The summed E-state index contributed by atoms with van der Waals surface area (Å²) in [6.07, 6.45) is 0. The minimum Gasteiger partial charge on any atom is -0.508 e. The summed E-state index contributed by atoms with van der Waals surface area (Å²) in [5, 5.41) is 9.38. The van der Waals surface area contributed by atoms with Crippen LogP contribution >= 0.6 is 11.7 Å². The maximum Gasteiger partial charge on any atom is 0.243 e. The standard InChI is InChI=1S/C13H11N3O3S2/c17-10-4-1-3-9(7-10)8-14-21(18,19)12-6-2-5-11-13(12)16-20-15-11/h1-7,14,17H,8H2. The van der Waals surface area contributed by atoms with Gasteiger partial charge in [-0.2, -0.15) is 8.75 Å². The molecular formula is C13H11N3O3S2. The molecule has 2 aromatic carbocycles. The second-order valence-electron chi connectivity index (χ2n) is 4.38. The van der Waals surface area contributed by atoms with Crippen molar-refractivity contribution in [3.63, 3.8) is 0 Å². The highest BCUT2D eigenvalue weighted by molar-refractivity contribution is 7.89. The number of phenols is 1. The van der Waals surface area contributed by atoms with Gasteiger partial charge in [0.05, 0.1) is 11.7 Å². The zero-order valence-corrected chi connectivity index (χ0v) is 12.4. The van der Waals surface area contributed by atoms with Crippen LogP contribution in [0.15, 0.2) is 47.4 Å². The average molecular weight is 321 g/mol. The first-order chi connectivity index (χ1) is 10.1. The Labute approximate surface area is 125 Å². The number of sulfonamides is 1. The topological polar surface area (TPSA) is 92.2 Å². The van der Waals surface area contributed by atoms with E-state index in [9.17, 15) is 13.5 Å². The molecular weight excluding hydrogens is 310 g/mol. The van der Waals surface area contributed by atoms with Gasteiger partial charge in [0.15, 0.2) is 0 Å². The molecule has 0 bridgehead atoms. The molecule has 3 aromatic rings. The molecule has 2 N–H and O–H groups in total. The predicted octanol–water partition coefficient (Wildman–Crippen LogP) is 1.88. The first-order valence-corrected chi connectivity index (χ1v) is 8.26. The molecule has 6 nitrogen and oxygen atoms in total. The van der Waals surface area contributed by atoms with Crippen LogP contribution in [0, 0.1) is 0 Å². The van der Waals surface area contributed by atoms with E-state index >= 15 is 0 Å². The summed E-state index contributed by atoms with van der Waals surface area (Å²) < 4.78 is 35.3. The van der Waals surface area contributed by atoms with E-state index in [0.29, 0.717) is 16.6 Å². The molecule has 8 heteroatoms. The SMILES string of the molecule is O=S(=O)(NCc1cccc(O)c1)c1cccc2nsnc12. The van der Waals surface area contributed by atoms with Crippen molar-refractivity contribution in [2.75, 3.05) is 0 Å². The van der Waals surface area contributed by atoms with Crippen molar-refractivity contribution in [1.29, 1.82) is 0 Å². The van der Waals surface area contributed by atoms with Gasteiger partial charge in [0.2, 0.25) is 10.0 Å². The Morgan fingerprint density at radius 1 is 1.14 bits per heavy atom. The third-order valence-corrected chi connectivity index (χ3v) is 4.89. The van der Waals surface area contributed by atoms with Crippen LogP contribution in [0.2, 0.25) is 0 Å². The molecule has 0 saturated heterocycles. The molecule has 0 saturated carbocycles. The minimum atomic E-state index is -3.70. The third kappa shape index (κ3) is 2.87. The first-order valence-electron chi connectivity index (χ1n) is 6.05. The lowest BCUT2D eigenvalue weighted by atomic mass is 10.2. The molecule has 0 amide bonds. The van der Waals surface area contributed by atoms with E-state index in [1.165, 1.54) is 18.2 Å². The molecule has 0 radical (unpaired) electrons. The van der Waals surface area contributed by atoms with E-state index in [1.807, 2.05) is 0 Å². The number of fused-ring (bicyclic) bond motifs is 1. The molecule has 0 fully saturated rings. The van der Waals surface area contributed by atoms with Crippen LogP contribution in [-0.2, 0) is 16.6 Å². The van der Waals surface area contributed by atoms with Crippen LogP contribution < -0.4 is 4.72 Å². The van der Waals surface area contributed by atoms with Gasteiger partial charge >= 0.3 is 0 Å². The van der Waals surface area contributed by atoms with E-state index in [1.54, 1.807) is 24.3 Å². The molecule has 1 heterocycles. The van der Waals surface area contributed by atoms with E-state index in [-0.39, 0.29) is 17.2 Å². The lowest BCUT2D eigenvalue weighted by molar-refractivity contribution is 0.474. The Kier molecular flexibility index (Phi) is 3.58. The molecule has 0 aliphatic rings. The van der Waals surface area contributed by atoms with Crippen molar-refractivity contribution in [1.82, 2.24) is 13.5 Å². The molecule has 108 valence electrons. The number of phenolic OH excluding ortho intramolecular Hbond substituents is 1. The van der Waals surface area contributed by atoms with E-state index in [2.05, 4.69) is 13.5 Å². The molecule has 0 aliphatic carbocycles. The van der Waals surface area contributed by atoms with Gasteiger partial charge in [-0.3, -0.25) is 0 Å². The fourth-order valence-corrected chi connectivity index (χ4v) is 3.70. The second kappa shape index (κ2) is 5.40. The molecule has 3 rings (SSSR count). The average Bonchev–Trinajstić information content (AvgIpc) is 2.93. The van der Waals surface area contributed by atoms with Gasteiger partial charge in [0, 0.05) is 6.54 Å². The Balaban J connectivity index is 1.89. The number of aromatic hydroxyl groups is 1. The van der Waals surface area contributed by atoms with Gasteiger partial charge in [-0.05, 0) is 29.8 Å². The minimum absolute atomic E-state index is 0.0880. The Bertz CT molecular complexity index is 890. The Morgan fingerprint density at radius 2 is 1.95 bits per heavy atom. The van der Waals surface area contributed by atoms with Gasteiger partial charge in [-0.15, -0.1) is 0 Å². The largest absolute Gasteiger partial charge is 0.508 e. The van der Waals surface area contributed by atoms with Crippen molar-refractivity contribution in [2.45, 2.75) is 11.4 Å². The molecule has 0 unspecified atom stereocenters. The smallest absolute Gasteiger partial charge is 0.243 e. The van der Waals surface area contributed by atoms with Crippen molar-refractivity contribution in [3.05, 3.63) is 48.0 Å². The van der Waals surface area contributed by atoms with Crippen LogP contribution in [0.4, 0.5) is 0 Å². The summed E-state index contributed by atoms with van der Waals surface area (Å²) in [7, 11) is -3.70. The number of nitrogens with one attached hydrogen (secondary N) is 1. The van der Waals surface area contributed by atoms with Crippen molar-refractivity contribution >= 4 is 32.8 Å². The summed E-state index contributed by atoms with van der Waals surface area (Å²) in [6, 6.07) is 11.3. The normalized spacial score (nSPS) is 11.8. The number of rotatable bonds is 4. The van der Waals surface area contributed by atoms with E-state index in [0.717, 1.165) is 11.7 Å². The molecule has 21 heavy (non-hydrogen) atoms. The lowest BCUT2D eigenvalue weighted by Gasteiger charge is -2.07. The second-order valence-corrected chi connectivity index (χ2v) is 6.65. The van der Waals surface area contributed by atoms with Crippen LogP contribution in [0.5, 0.6) is 5.75 Å². The van der Waals surface area contributed by atoms with Gasteiger partial charge in [0.1, 0.15) is 21.7 Å². The zero-order chi connectivity index (χ0) is 14.9. The molecule has 1 aromatic heterocycles. The first kappa shape index (κ1) is 13.9. The highest BCUT2D eigenvalue weighted by atomic mass is 32.2. The number of hydrogen-bond acceptors (Lipinski definition) is 6. The third-order valence-electron chi connectivity index (χ3n) is 2.92. The summed E-state index contributed by atoms with van der Waals surface area (Å²) in [5.41, 5.74) is 1.59. The maximum atomic E-state index is 12.4. The van der Waals surface area contributed by atoms with Gasteiger partial charge in [-0.1, -0.05) is 18.2 Å². The van der Waals surface area contributed by atoms with E-state index in [4.69, 9.17) is 0 Å². The fourth-order valence-electron chi connectivity index (χ4n) is 1.92. The lowest BCUT2D eigenvalue weighted by Crippen LogP contribution is -2.23. The van der Waals surface area contributed by atoms with Crippen LogP contribution in [0.3, 0.4) is 0 Å². The Hall–Kier alpha value is -2.03. The molecule has 0 atom stereocenters. The number of nitrogens with zero attached hydrogens (tertiary/aromatic N) is 2. The molecule has 0 spiro atoms. The van der Waals surface area contributed by atoms with Crippen LogP contribution in [0.1, 0.15) is 5.56 Å². The monoisotopic (exact) mass is 321 g/mol. The van der Waals surface area contributed by atoms with Crippen molar-refractivity contribution in [3.8, 4) is 5.75 Å². The number of benzene rings is 2. The molecule has 0 aliphatic heterocycles. The van der Waals surface area contributed by atoms with Gasteiger partial charge in [0.25, 0.3) is 0 Å². The van der Waals surface area contributed by atoms with Crippen molar-refractivity contribution in [2.24, 2.45) is 0 Å². The van der Waals surface area contributed by atoms with Gasteiger partial charge < -0.3 is 5.11 Å². The van der Waals surface area contributed by atoms with Gasteiger partial charge in [-0.25, -0.2) is 13.1 Å². The zero-order valence-electron chi connectivity index (χ0n) is 10.7. The summed E-state index contributed by atoms with van der Waals surface area (Å²) >= 11 is 0.974. The summed E-state index contributed by atoms with van der Waals surface area (Å²) in [6.45, 7) is 0.0880. The predicted molar refractivity (Wildman–Crippen MR) is 79.5 cm³/mol. The van der Waals surface area contributed by atoms with Crippen LogP contribution in [-0.4, -0.2) is 22.3 Å². The maximum absolute atomic E-state index is 12.4. The number of hydrogen-bond donors (Lipinski definition) is 2. The quantitative estimate of drug-likeness (QED) is 0.765. The summed E-state index contributed by atoms with van der Waals surface area (Å²) in [5.74, 6) is 0.0949. The highest BCUT2D eigenvalue weighted by Gasteiger charge is 2.19. The highest BCUT2D eigenvalue weighted by Crippen LogP contribution is 2.21.